The van der Waals surface area contributed by atoms with Crippen molar-refractivity contribution in [3.05, 3.63) is 24.3 Å². The van der Waals surface area contributed by atoms with Crippen LogP contribution >= 0.6 is 0 Å². The van der Waals surface area contributed by atoms with Crippen molar-refractivity contribution in [2.24, 2.45) is 0 Å². The second-order valence-corrected chi connectivity index (χ2v) is 4.84. The molecule has 1 atom stereocenters. The summed E-state index contributed by atoms with van der Waals surface area (Å²) >= 11 is 0. The Morgan fingerprint density at radius 2 is 2.21 bits per heavy atom. The molecule has 1 aromatic rings. The molecule has 0 bridgehead atoms. The molecule has 1 heterocycles. The average molecular weight is 263 g/mol. The van der Waals surface area contributed by atoms with Crippen LogP contribution in [-0.2, 0) is 4.79 Å². The minimum absolute atomic E-state index is 0.0135. The van der Waals surface area contributed by atoms with E-state index >= 15 is 0 Å². The summed E-state index contributed by atoms with van der Waals surface area (Å²) in [5, 5.41) is 6.19. The van der Waals surface area contributed by atoms with Crippen LogP contribution in [0.4, 0.5) is 5.69 Å². The molecule has 1 fully saturated rings. The molecule has 1 aliphatic rings. The Hall–Kier alpha value is -1.59. The van der Waals surface area contributed by atoms with Gasteiger partial charge < -0.3 is 15.4 Å². The van der Waals surface area contributed by atoms with Crippen molar-refractivity contribution in [2.75, 3.05) is 39.1 Å². The number of anilines is 1. The average Bonchev–Trinajstić information content (AvgIpc) is 2.93. The molecule has 0 aliphatic carbocycles. The summed E-state index contributed by atoms with van der Waals surface area (Å²) < 4.78 is 5.08. The fraction of sp³-hybridized carbons (Fsp3) is 0.500. The Kier molecular flexibility index (Phi) is 4.76. The van der Waals surface area contributed by atoms with E-state index in [2.05, 4.69) is 15.5 Å². The highest BCUT2D eigenvalue weighted by Crippen LogP contribution is 2.15. The van der Waals surface area contributed by atoms with E-state index in [1.54, 1.807) is 7.11 Å². The second-order valence-electron chi connectivity index (χ2n) is 4.84. The van der Waals surface area contributed by atoms with Crippen molar-refractivity contribution in [3.63, 3.8) is 0 Å². The van der Waals surface area contributed by atoms with Gasteiger partial charge in [-0.15, -0.1) is 0 Å². The number of rotatable bonds is 5. The van der Waals surface area contributed by atoms with Gasteiger partial charge in [-0.25, -0.2) is 0 Å². The monoisotopic (exact) mass is 263 g/mol. The zero-order chi connectivity index (χ0) is 13.7. The summed E-state index contributed by atoms with van der Waals surface area (Å²) in [6.45, 7) is 2.42. The lowest BCUT2D eigenvalue weighted by Crippen LogP contribution is -2.39. The van der Waals surface area contributed by atoms with E-state index in [1.807, 2.05) is 31.3 Å². The van der Waals surface area contributed by atoms with Gasteiger partial charge in [0.1, 0.15) is 5.75 Å². The van der Waals surface area contributed by atoms with Crippen LogP contribution in [0.1, 0.15) is 6.42 Å². The number of benzene rings is 1. The molecule has 1 unspecified atom stereocenters. The summed E-state index contributed by atoms with van der Waals surface area (Å²) in [5.41, 5.74) is 0.795. The number of carbonyl (C=O) groups is 1. The number of nitrogens with zero attached hydrogens (tertiary/aromatic N) is 1. The third kappa shape index (κ3) is 3.94. The number of likely N-dealkylation sites (N-methyl/N-ethyl adjacent to an activating group) is 1. The maximum absolute atomic E-state index is 11.9. The van der Waals surface area contributed by atoms with Crippen LogP contribution in [0.25, 0.3) is 0 Å². The third-order valence-electron chi connectivity index (χ3n) is 3.42. The normalized spacial score (nSPS) is 18.6. The summed E-state index contributed by atoms with van der Waals surface area (Å²) in [4.78, 5) is 14.0. The largest absolute Gasteiger partial charge is 0.497 e. The van der Waals surface area contributed by atoms with E-state index in [1.165, 1.54) is 0 Å². The Balaban J connectivity index is 1.82. The topological polar surface area (TPSA) is 53.6 Å². The van der Waals surface area contributed by atoms with Gasteiger partial charge in [-0.3, -0.25) is 9.69 Å². The van der Waals surface area contributed by atoms with Gasteiger partial charge in [0, 0.05) is 18.3 Å². The second kappa shape index (κ2) is 6.54. The molecule has 5 nitrogen and oxygen atoms in total. The summed E-state index contributed by atoms with van der Waals surface area (Å²) in [5.74, 6) is 0.798. The zero-order valence-electron chi connectivity index (χ0n) is 11.5. The van der Waals surface area contributed by atoms with Crippen molar-refractivity contribution >= 4 is 11.6 Å². The third-order valence-corrected chi connectivity index (χ3v) is 3.42. The van der Waals surface area contributed by atoms with Crippen LogP contribution < -0.4 is 15.4 Å². The van der Waals surface area contributed by atoms with E-state index in [4.69, 9.17) is 4.74 Å². The molecule has 0 saturated carbocycles. The van der Waals surface area contributed by atoms with Crippen LogP contribution in [0.5, 0.6) is 5.75 Å². The molecular formula is C14H21N3O2. The van der Waals surface area contributed by atoms with Gasteiger partial charge >= 0.3 is 0 Å². The highest BCUT2D eigenvalue weighted by atomic mass is 16.5. The lowest BCUT2D eigenvalue weighted by Gasteiger charge is -2.22. The molecule has 1 amide bonds. The smallest absolute Gasteiger partial charge is 0.238 e. The summed E-state index contributed by atoms with van der Waals surface area (Å²) in [7, 11) is 3.61. The van der Waals surface area contributed by atoms with Gasteiger partial charge in [-0.1, -0.05) is 0 Å². The number of nitrogens with one attached hydrogen (secondary N) is 2. The van der Waals surface area contributed by atoms with Crippen LogP contribution in [0.2, 0.25) is 0 Å². The summed E-state index contributed by atoms with van der Waals surface area (Å²) in [6, 6.07) is 7.81. The molecule has 0 aromatic heterocycles. The Morgan fingerprint density at radius 1 is 1.47 bits per heavy atom. The molecule has 2 rings (SSSR count). The lowest BCUT2D eigenvalue weighted by atomic mass is 10.2. The van der Waals surface area contributed by atoms with Crippen LogP contribution in [-0.4, -0.2) is 50.6 Å². The van der Waals surface area contributed by atoms with E-state index < -0.39 is 0 Å². The molecule has 1 aromatic carbocycles. The fourth-order valence-electron chi connectivity index (χ4n) is 2.25. The number of ether oxygens (including phenoxy) is 1. The number of carbonyl (C=O) groups excluding carboxylic acids is 1. The molecule has 104 valence electrons. The van der Waals surface area contributed by atoms with Crippen LogP contribution in [0.3, 0.4) is 0 Å². The minimum atomic E-state index is 0.0135. The molecule has 1 aliphatic heterocycles. The van der Waals surface area contributed by atoms with Gasteiger partial charge in [0.25, 0.3) is 0 Å². The van der Waals surface area contributed by atoms with Gasteiger partial charge in [0.2, 0.25) is 5.91 Å². The van der Waals surface area contributed by atoms with Crippen molar-refractivity contribution in [1.82, 2.24) is 10.2 Å². The first-order chi connectivity index (χ1) is 9.19. The Bertz CT molecular complexity index is 413. The number of hydrogen-bond acceptors (Lipinski definition) is 4. The van der Waals surface area contributed by atoms with Crippen LogP contribution in [0, 0.1) is 0 Å². The van der Waals surface area contributed by atoms with E-state index in [0.717, 1.165) is 30.9 Å². The Labute approximate surface area is 113 Å². The Morgan fingerprint density at radius 3 is 2.79 bits per heavy atom. The van der Waals surface area contributed by atoms with Gasteiger partial charge in [-0.05, 0) is 44.3 Å². The predicted octanol–water partition coefficient (Wildman–Crippen LogP) is 0.927. The highest BCUT2D eigenvalue weighted by molar-refractivity contribution is 5.92. The lowest BCUT2D eigenvalue weighted by molar-refractivity contribution is -0.117. The highest BCUT2D eigenvalue weighted by Gasteiger charge is 2.20. The zero-order valence-corrected chi connectivity index (χ0v) is 11.5. The van der Waals surface area contributed by atoms with Gasteiger partial charge in [0.05, 0.1) is 13.7 Å². The maximum Gasteiger partial charge on any atom is 0.238 e. The summed E-state index contributed by atoms with van der Waals surface area (Å²) in [6.07, 6.45) is 1.10. The van der Waals surface area contributed by atoms with Gasteiger partial charge in [-0.2, -0.15) is 0 Å². The van der Waals surface area contributed by atoms with Crippen molar-refractivity contribution in [3.8, 4) is 5.75 Å². The first-order valence-electron chi connectivity index (χ1n) is 6.54. The van der Waals surface area contributed by atoms with Crippen molar-refractivity contribution in [1.29, 1.82) is 0 Å². The fourth-order valence-corrected chi connectivity index (χ4v) is 2.25. The molecule has 19 heavy (non-hydrogen) atoms. The van der Waals surface area contributed by atoms with E-state index in [0.29, 0.717) is 12.6 Å². The first-order valence-corrected chi connectivity index (χ1v) is 6.54. The molecule has 0 radical (unpaired) electrons. The van der Waals surface area contributed by atoms with E-state index in [9.17, 15) is 4.79 Å². The van der Waals surface area contributed by atoms with Crippen molar-refractivity contribution in [2.45, 2.75) is 12.5 Å². The molecular weight excluding hydrogens is 242 g/mol. The van der Waals surface area contributed by atoms with E-state index in [-0.39, 0.29) is 5.91 Å². The first kappa shape index (κ1) is 13.8. The quantitative estimate of drug-likeness (QED) is 0.830. The standard InChI is InChI=1S/C14H21N3O2/c1-17(12-7-8-15-9-12)10-14(18)16-11-3-5-13(19-2)6-4-11/h3-6,12,15H,7-10H2,1-2H3,(H,16,18). The van der Waals surface area contributed by atoms with Crippen LogP contribution in [0.15, 0.2) is 24.3 Å². The maximum atomic E-state index is 11.9. The number of methoxy groups -OCH3 is 1. The molecule has 0 spiro atoms. The molecule has 1 saturated heterocycles. The minimum Gasteiger partial charge on any atom is -0.497 e. The SMILES string of the molecule is COc1ccc(NC(=O)CN(C)C2CCNC2)cc1. The number of amides is 1. The molecule has 2 N–H and O–H groups in total. The van der Waals surface area contributed by atoms with Gasteiger partial charge in [0.15, 0.2) is 0 Å². The number of hydrogen-bond donors (Lipinski definition) is 2. The molecule has 5 heteroatoms. The predicted molar refractivity (Wildman–Crippen MR) is 75.5 cm³/mol. The van der Waals surface area contributed by atoms with Crippen molar-refractivity contribution < 1.29 is 9.53 Å².